The largest absolute Gasteiger partial charge is 0.376 e. The first-order chi connectivity index (χ1) is 12.0. The fourth-order valence-corrected chi connectivity index (χ4v) is 4.14. The highest BCUT2D eigenvalue weighted by Crippen LogP contribution is 2.22. The van der Waals surface area contributed by atoms with Crippen LogP contribution in [0.15, 0.2) is 53.7 Å². The van der Waals surface area contributed by atoms with Gasteiger partial charge in [0.1, 0.15) is 0 Å². The molecule has 1 unspecified atom stereocenters. The summed E-state index contributed by atoms with van der Waals surface area (Å²) in [4.78, 5) is 16.2. The van der Waals surface area contributed by atoms with E-state index in [4.69, 9.17) is 4.74 Å². The lowest BCUT2D eigenvalue weighted by molar-refractivity contribution is 0.0102. The molecule has 1 aliphatic heterocycles. The number of carbonyl (C=O) groups is 1. The Morgan fingerprint density at radius 1 is 1.28 bits per heavy atom. The number of carbonyl (C=O) groups excluding carboxylic acids is 1. The third-order valence-electron chi connectivity index (χ3n) is 3.88. The molecule has 132 valence electrons. The number of hydrogen-bond donors (Lipinski definition) is 1. The number of amides is 1. The molecule has 8 heteroatoms. The van der Waals surface area contributed by atoms with Gasteiger partial charge in [-0.1, -0.05) is 6.07 Å². The van der Waals surface area contributed by atoms with E-state index in [-0.39, 0.29) is 16.9 Å². The van der Waals surface area contributed by atoms with E-state index in [1.807, 2.05) is 6.92 Å². The number of ether oxygens (including phenoxy) is 1. The predicted molar refractivity (Wildman–Crippen MR) is 92.8 cm³/mol. The van der Waals surface area contributed by atoms with E-state index in [1.54, 1.807) is 24.3 Å². The molecule has 1 aliphatic rings. The number of rotatable bonds is 4. The minimum Gasteiger partial charge on any atom is -0.376 e. The van der Waals surface area contributed by atoms with Crippen molar-refractivity contribution in [3.63, 3.8) is 0 Å². The summed E-state index contributed by atoms with van der Waals surface area (Å²) in [6.07, 6.45) is 2.91. The van der Waals surface area contributed by atoms with Crippen molar-refractivity contribution in [1.29, 1.82) is 0 Å². The first kappa shape index (κ1) is 17.5. The number of nitrogens with one attached hydrogen (secondary N) is 1. The molecule has 1 aromatic heterocycles. The standard InChI is InChI=1S/C17H19N3O4S/c1-13-12-20(9-10-24-13)25(22,23)16-4-2-3-15(11-16)19-17(21)14-5-7-18-8-6-14/h2-8,11,13H,9-10,12H2,1H3,(H,19,21). The van der Waals surface area contributed by atoms with Gasteiger partial charge in [-0.3, -0.25) is 9.78 Å². The van der Waals surface area contributed by atoms with Gasteiger partial charge in [-0.25, -0.2) is 8.42 Å². The summed E-state index contributed by atoms with van der Waals surface area (Å²) < 4.78 is 32.4. The summed E-state index contributed by atoms with van der Waals surface area (Å²) in [6, 6.07) is 9.43. The Balaban J connectivity index is 1.80. The number of morpholine rings is 1. The van der Waals surface area contributed by atoms with Gasteiger partial charge in [-0.05, 0) is 37.3 Å². The van der Waals surface area contributed by atoms with Crippen molar-refractivity contribution in [3.8, 4) is 0 Å². The number of nitrogens with zero attached hydrogens (tertiary/aromatic N) is 2. The molecular weight excluding hydrogens is 342 g/mol. The Labute approximate surface area is 146 Å². The highest BCUT2D eigenvalue weighted by atomic mass is 32.2. The lowest BCUT2D eigenvalue weighted by Gasteiger charge is -2.30. The Hall–Kier alpha value is -2.29. The first-order valence-corrected chi connectivity index (χ1v) is 9.34. The Bertz CT molecular complexity index is 855. The average Bonchev–Trinajstić information content (AvgIpc) is 2.62. The highest BCUT2D eigenvalue weighted by Gasteiger charge is 2.29. The maximum atomic E-state index is 12.8. The Kier molecular flexibility index (Phi) is 5.12. The van der Waals surface area contributed by atoms with Crippen LogP contribution in [0.3, 0.4) is 0 Å². The predicted octanol–water partition coefficient (Wildman–Crippen LogP) is 1.74. The summed E-state index contributed by atoms with van der Waals surface area (Å²) >= 11 is 0. The van der Waals surface area contributed by atoms with Gasteiger partial charge in [0.05, 0.1) is 17.6 Å². The van der Waals surface area contributed by atoms with Crippen molar-refractivity contribution in [2.45, 2.75) is 17.9 Å². The Morgan fingerprint density at radius 2 is 2.04 bits per heavy atom. The normalized spacial score (nSPS) is 18.7. The molecule has 7 nitrogen and oxygen atoms in total. The van der Waals surface area contributed by atoms with E-state index in [0.29, 0.717) is 30.9 Å². The molecule has 0 aliphatic carbocycles. The van der Waals surface area contributed by atoms with E-state index in [1.165, 1.54) is 28.8 Å². The number of pyridine rings is 1. The lowest BCUT2D eigenvalue weighted by Crippen LogP contribution is -2.44. The second-order valence-electron chi connectivity index (χ2n) is 5.76. The van der Waals surface area contributed by atoms with Crippen LogP contribution in [-0.4, -0.2) is 49.4 Å². The summed E-state index contributed by atoms with van der Waals surface area (Å²) in [5, 5.41) is 2.71. The van der Waals surface area contributed by atoms with Gasteiger partial charge in [0.15, 0.2) is 0 Å². The van der Waals surface area contributed by atoms with E-state index < -0.39 is 10.0 Å². The van der Waals surface area contributed by atoms with E-state index in [2.05, 4.69) is 10.3 Å². The zero-order valence-corrected chi connectivity index (χ0v) is 14.6. The number of sulfonamides is 1. The van der Waals surface area contributed by atoms with Crippen LogP contribution < -0.4 is 5.32 Å². The number of anilines is 1. The first-order valence-electron chi connectivity index (χ1n) is 7.90. The van der Waals surface area contributed by atoms with Crippen molar-refractivity contribution in [2.24, 2.45) is 0 Å². The SMILES string of the molecule is CC1CN(S(=O)(=O)c2cccc(NC(=O)c3ccncc3)c2)CCO1. The third kappa shape index (κ3) is 4.04. The molecule has 1 atom stereocenters. The molecule has 25 heavy (non-hydrogen) atoms. The topological polar surface area (TPSA) is 88.6 Å². The van der Waals surface area contributed by atoms with Gasteiger partial charge in [-0.2, -0.15) is 4.31 Å². The number of hydrogen-bond acceptors (Lipinski definition) is 5. The number of aromatic nitrogens is 1. The van der Waals surface area contributed by atoms with Crippen LogP contribution >= 0.6 is 0 Å². The van der Waals surface area contributed by atoms with Crippen LogP contribution in [0.4, 0.5) is 5.69 Å². The van der Waals surface area contributed by atoms with Crippen LogP contribution in [0.5, 0.6) is 0 Å². The monoisotopic (exact) mass is 361 g/mol. The second-order valence-corrected chi connectivity index (χ2v) is 7.70. The molecule has 1 saturated heterocycles. The summed E-state index contributed by atoms with van der Waals surface area (Å²) in [5.41, 5.74) is 0.870. The minimum absolute atomic E-state index is 0.141. The molecule has 3 rings (SSSR count). The molecule has 1 aromatic carbocycles. The molecule has 1 N–H and O–H groups in total. The van der Waals surface area contributed by atoms with Crippen molar-refractivity contribution < 1.29 is 17.9 Å². The molecule has 0 bridgehead atoms. The van der Waals surface area contributed by atoms with Gasteiger partial charge in [0.2, 0.25) is 10.0 Å². The summed E-state index contributed by atoms with van der Waals surface area (Å²) in [7, 11) is -3.63. The summed E-state index contributed by atoms with van der Waals surface area (Å²) in [6.45, 7) is 2.85. The van der Waals surface area contributed by atoms with Crippen LogP contribution in [0.25, 0.3) is 0 Å². The molecule has 0 saturated carbocycles. The van der Waals surface area contributed by atoms with E-state index >= 15 is 0 Å². The van der Waals surface area contributed by atoms with Gasteiger partial charge < -0.3 is 10.1 Å². The van der Waals surface area contributed by atoms with Gasteiger partial charge in [0, 0.05) is 36.7 Å². The van der Waals surface area contributed by atoms with Crippen molar-refractivity contribution in [1.82, 2.24) is 9.29 Å². The third-order valence-corrected chi connectivity index (χ3v) is 5.74. The molecular formula is C17H19N3O4S. The highest BCUT2D eigenvalue weighted by molar-refractivity contribution is 7.89. The van der Waals surface area contributed by atoms with Crippen LogP contribution in [-0.2, 0) is 14.8 Å². The molecule has 0 radical (unpaired) electrons. The van der Waals surface area contributed by atoms with Crippen LogP contribution in [0, 0.1) is 0 Å². The van der Waals surface area contributed by atoms with Crippen molar-refractivity contribution >= 4 is 21.6 Å². The maximum Gasteiger partial charge on any atom is 0.255 e. The fourth-order valence-electron chi connectivity index (χ4n) is 2.59. The van der Waals surface area contributed by atoms with Crippen LogP contribution in [0.1, 0.15) is 17.3 Å². The molecule has 1 amide bonds. The lowest BCUT2D eigenvalue weighted by atomic mass is 10.2. The molecule has 1 fully saturated rings. The average molecular weight is 361 g/mol. The minimum atomic E-state index is -3.63. The van der Waals surface area contributed by atoms with Crippen LogP contribution in [0.2, 0.25) is 0 Å². The molecule has 2 heterocycles. The van der Waals surface area contributed by atoms with Gasteiger partial charge in [-0.15, -0.1) is 0 Å². The molecule has 2 aromatic rings. The molecule has 0 spiro atoms. The van der Waals surface area contributed by atoms with E-state index in [0.717, 1.165) is 0 Å². The van der Waals surface area contributed by atoms with Crippen molar-refractivity contribution in [2.75, 3.05) is 25.0 Å². The fraction of sp³-hybridized carbons (Fsp3) is 0.294. The van der Waals surface area contributed by atoms with E-state index in [9.17, 15) is 13.2 Å². The Morgan fingerprint density at radius 3 is 2.76 bits per heavy atom. The zero-order valence-electron chi connectivity index (χ0n) is 13.8. The number of benzene rings is 1. The quantitative estimate of drug-likeness (QED) is 0.896. The zero-order chi connectivity index (χ0) is 17.9. The second kappa shape index (κ2) is 7.30. The van der Waals surface area contributed by atoms with Gasteiger partial charge in [0.25, 0.3) is 5.91 Å². The maximum absolute atomic E-state index is 12.8. The smallest absolute Gasteiger partial charge is 0.255 e. The summed E-state index contributed by atoms with van der Waals surface area (Å²) in [5.74, 6) is -0.322. The van der Waals surface area contributed by atoms with Gasteiger partial charge >= 0.3 is 0 Å². The van der Waals surface area contributed by atoms with Crippen molar-refractivity contribution in [3.05, 3.63) is 54.4 Å².